The summed E-state index contributed by atoms with van der Waals surface area (Å²) in [6.45, 7) is 4.10. The van der Waals surface area contributed by atoms with E-state index in [9.17, 15) is 4.79 Å². The lowest BCUT2D eigenvalue weighted by molar-refractivity contribution is -0.116. The fraction of sp³-hybridized carbons (Fsp3) is 0.167. The number of rotatable bonds is 2. The van der Waals surface area contributed by atoms with E-state index < -0.39 is 0 Å². The van der Waals surface area contributed by atoms with Gasteiger partial charge in [-0.3, -0.25) is 4.79 Å². The lowest BCUT2D eigenvalue weighted by atomic mass is 9.73. The summed E-state index contributed by atoms with van der Waals surface area (Å²) in [6, 6.07) is 16.1. The van der Waals surface area contributed by atoms with E-state index in [0.29, 0.717) is 5.03 Å². The maximum absolute atomic E-state index is 12.2. The van der Waals surface area contributed by atoms with Crippen LogP contribution in [0.25, 0.3) is 5.57 Å². The molecule has 2 aromatic carbocycles. The van der Waals surface area contributed by atoms with Gasteiger partial charge >= 0.3 is 0 Å². The highest BCUT2D eigenvalue weighted by Crippen LogP contribution is 2.47. The molecule has 2 aromatic rings. The van der Waals surface area contributed by atoms with Gasteiger partial charge in [-0.2, -0.15) is 0 Å². The molecule has 0 spiro atoms. The molecule has 0 saturated heterocycles. The molecule has 2 heteroatoms. The van der Waals surface area contributed by atoms with Crippen LogP contribution in [0.5, 0.6) is 0 Å². The van der Waals surface area contributed by atoms with Crippen molar-refractivity contribution in [1.29, 1.82) is 0 Å². The fourth-order valence-corrected chi connectivity index (χ4v) is 3.12. The van der Waals surface area contributed by atoms with E-state index >= 15 is 0 Å². The van der Waals surface area contributed by atoms with Crippen LogP contribution in [0.15, 0.2) is 53.6 Å². The SMILES string of the molecule is Cc1ccc(C2C(=O)C(Cl)=C2c2ccccc2)c(C)c1. The molecule has 100 valence electrons. The third-order valence-corrected chi connectivity index (χ3v) is 4.21. The summed E-state index contributed by atoms with van der Waals surface area (Å²) in [5.74, 6) is -0.192. The molecule has 1 nitrogen and oxygen atoms in total. The van der Waals surface area contributed by atoms with Crippen molar-refractivity contribution in [3.63, 3.8) is 0 Å². The topological polar surface area (TPSA) is 17.1 Å². The molecule has 1 atom stereocenters. The lowest BCUT2D eigenvalue weighted by Gasteiger charge is -2.30. The molecular formula is C18H15ClO. The second-order valence-electron chi connectivity index (χ2n) is 5.25. The van der Waals surface area contributed by atoms with Gasteiger partial charge in [0, 0.05) is 0 Å². The highest BCUT2D eigenvalue weighted by molar-refractivity contribution is 6.52. The van der Waals surface area contributed by atoms with E-state index in [2.05, 4.69) is 13.0 Å². The van der Waals surface area contributed by atoms with Crippen molar-refractivity contribution in [3.05, 3.63) is 75.8 Å². The predicted molar refractivity (Wildman–Crippen MR) is 82.9 cm³/mol. The maximum atomic E-state index is 12.2. The highest BCUT2D eigenvalue weighted by Gasteiger charge is 2.40. The van der Waals surface area contributed by atoms with Crippen LogP contribution in [0.2, 0.25) is 0 Å². The molecule has 0 radical (unpaired) electrons. The van der Waals surface area contributed by atoms with Crippen molar-refractivity contribution in [2.45, 2.75) is 19.8 Å². The molecule has 0 fully saturated rings. The first-order valence-electron chi connectivity index (χ1n) is 6.66. The Bertz CT molecular complexity index is 713. The molecule has 3 rings (SSSR count). The number of halogens is 1. The van der Waals surface area contributed by atoms with Crippen LogP contribution in [0.1, 0.15) is 28.2 Å². The monoisotopic (exact) mass is 282 g/mol. The van der Waals surface area contributed by atoms with Crippen molar-refractivity contribution in [2.24, 2.45) is 0 Å². The number of benzene rings is 2. The van der Waals surface area contributed by atoms with Crippen molar-refractivity contribution in [1.82, 2.24) is 0 Å². The number of allylic oxidation sites excluding steroid dienone is 2. The van der Waals surface area contributed by atoms with Crippen LogP contribution in [-0.4, -0.2) is 5.78 Å². The zero-order valence-electron chi connectivity index (χ0n) is 11.5. The Morgan fingerprint density at radius 3 is 2.35 bits per heavy atom. The van der Waals surface area contributed by atoms with Gasteiger partial charge in [0.1, 0.15) is 0 Å². The van der Waals surface area contributed by atoms with Crippen LogP contribution >= 0.6 is 11.6 Å². The largest absolute Gasteiger partial charge is 0.292 e. The van der Waals surface area contributed by atoms with E-state index in [0.717, 1.165) is 22.3 Å². The summed E-state index contributed by atoms with van der Waals surface area (Å²) in [6.07, 6.45) is 0. The molecule has 1 aliphatic carbocycles. The molecule has 0 N–H and O–H groups in total. The molecule has 1 aliphatic rings. The van der Waals surface area contributed by atoms with E-state index in [1.165, 1.54) is 5.56 Å². The van der Waals surface area contributed by atoms with Gasteiger partial charge in [0.15, 0.2) is 5.78 Å². The maximum Gasteiger partial charge on any atom is 0.186 e. The third kappa shape index (κ3) is 1.99. The Balaban J connectivity index is 2.09. The summed E-state index contributed by atoms with van der Waals surface area (Å²) in [5, 5.41) is 0.376. The summed E-state index contributed by atoms with van der Waals surface area (Å²) in [7, 11) is 0. The number of carbonyl (C=O) groups is 1. The van der Waals surface area contributed by atoms with Crippen LogP contribution in [0.3, 0.4) is 0 Å². The number of carbonyl (C=O) groups excluding carboxylic acids is 1. The van der Waals surface area contributed by atoms with Gasteiger partial charge in [-0.15, -0.1) is 0 Å². The van der Waals surface area contributed by atoms with E-state index in [1.807, 2.05) is 49.4 Å². The Morgan fingerprint density at radius 1 is 1.00 bits per heavy atom. The first-order chi connectivity index (χ1) is 9.59. The highest BCUT2D eigenvalue weighted by atomic mass is 35.5. The first-order valence-corrected chi connectivity index (χ1v) is 7.04. The summed E-state index contributed by atoms with van der Waals surface area (Å²) >= 11 is 6.16. The van der Waals surface area contributed by atoms with Crippen LogP contribution in [-0.2, 0) is 4.79 Å². The van der Waals surface area contributed by atoms with Gasteiger partial charge in [-0.1, -0.05) is 65.7 Å². The third-order valence-electron chi connectivity index (χ3n) is 3.82. The molecule has 0 heterocycles. The quantitative estimate of drug-likeness (QED) is 0.785. The molecular weight excluding hydrogens is 268 g/mol. The van der Waals surface area contributed by atoms with E-state index in [4.69, 9.17) is 11.6 Å². The second kappa shape index (κ2) is 4.92. The fourth-order valence-electron chi connectivity index (χ4n) is 2.80. The molecule has 0 amide bonds. The number of aryl methyl sites for hydroxylation is 2. The average Bonchev–Trinajstić information content (AvgIpc) is 2.46. The Kier molecular flexibility index (Phi) is 3.23. The molecule has 0 saturated carbocycles. The van der Waals surface area contributed by atoms with Gasteiger partial charge in [0.25, 0.3) is 0 Å². The van der Waals surface area contributed by atoms with Gasteiger partial charge in [-0.05, 0) is 36.1 Å². The van der Waals surface area contributed by atoms with E-state index in [1.54, 1.807) is 0 Å². The van der Waals surface area contributed by atoms with Crippen molar-refractivity contribution in [2.75, 3.05) is 0 Å². The van der Waals surface area contributed by atoms with Crippen molar-refractivity contribution in [3.8, 4) is 0 Å². The zero-order valence-corrected chi connectivity index (χ0v) is 12.2. The number of ketones is 1. The van der Waals surface area contributed by atoms with Crippen LogP contribution in [0.4, 0.5) is 0 Å². The lowest BCUT2D eigenvalue weighted by Crippen LogP contribution is -2.26. The van der Waals surface area contributed by atoms with Gasteiger partial charge in [-0.25, -0.2) is 0 Å². The minimum absolute atomic E-state index is 0.0254. The van der Waals surface area contributed by atoms with Crippen LogP contribution in [0, 0.1) is 13.8 Å². The molecule has 1 unspecified atom stereocenters. The van der Waals surface area contributed by atoms with Crippen molar-refractivity contribution >= 4 is 23.0 Å². The average molecular weight is 283 g/mol. The van der Waals surface area contributed by atoms with Crippen LogP contribution < -0.4 is 0 Å². The number of hydrogen-bond acceptors (Lipinski definition) is 1. The predicted octanol–water partition coefficient (Wildman–Crippen LogP) is 4.62. The zero-order chi connectivity index (χ0) is 14.3. The smallest absolute Gasteiger partial charge is 0.186 e. The van der Waals surface area contributed by atoms with Gasteiger partial charge in [0.2, 0.25) is 0 Å². The Morgan fingerprint density at radius 2 is 1.70 bits per heavy atom. The van der Waals surface area contributed by atoms with Gasteiger partial charge < -0.3 is 0 Å². The van der Waals surface area contributed by atoms with Crippen molar-refractivity contribution < 1.29 is 4.79 Å². The standard InChI is InChI=1S/C18H15ClO/c1-11-8-9-14(12(2)10-11)16-15(17(19)18(16)20)13-6-4-3-5-7-13/h3-10,16H,1-2H3. The summed E-state index contributed by atoms with van der Waals surface area (Å²) in [4.78, 5) is 12.2. The van der Waals surface area contributed by atoms with Gasteiger partial charge in [0.05, 0.1) is 11.0 Å². The normalized spacial score (nSPS) is 18.1. The molecule has 20 heavy (non-hydrogen) atoms. The molecule has 0 bridgehead atoms. The van der Waals surface area contributed by atoms with E-state index in [-0.39, 0.29) is 11.7 Å². The Hall–Kier alpha value is -1.86. The summed E-state index contributed by atoms with van der Waals surface area (Å²) < 4.78 is 0. The number of hydrogen-bond donors (Lipinski definition) is 0. The molecule has 0 aliphatic heterocycles. The Labute approximate surface area is 123 Å². The number of Topliss-reactive ketones (excluding diaryl/α,β-unsaturated/α-hetero) is 1. The minimum Gasteiger partial charge on any atom is -0.292 e. The minimum atomic E-state index is -0.217. The summed E-state index contributed by atoms with van der Waals surface area (Å²) in [5.41, 5.74) is 5.38. The second-order valence-corrected chi connectivity index (χ2v) is 5.63. The first kappa shape index (κ1) is 13.1. The molecule has 0 aromatic heterocycles.